The first-order chi connectivity index (χ1) is 9.02. The fourth-order valence-electron chi connectivity index (χ4n) is 1.96. The number of halogens is 3. The van der Waals surface area contributed by atoms with Gasteiger partial charge in [0.25, 0.3) is 0 Å². The summed E-state index contributed by atoms with van der Waals surface area (Å²) in [6.45, 7) is 0.283. The molecule has 0 saturated heterocycles. The molecule has 2 atom stereocenters. The summed E-state index contributed by atoms with van der Waals surface area (Å²) in [5.74, 6) is -0.276. The van der Waals surface area contributed by atoms with E-state index in [9.17, 15) is 5.11 Å². The molecule has 2 rings (SSSR count). The maximum absolute atomic E-state index is 10.5. The zero-order valence-electron chi connectivity index (χ0n) is 9.82. The van der Waals surface area contributed by atoms with Gasteiger partial charge in [-0.3, -0.25) is 0 Å². The molecule has 0 aliphatic carbocycles. The maximum atomic E-state index is 10.5. The van der Waals surface area contributed by atoms with Crippen LogP contribution in [0.15, 0.2) is 30.3 Å². The minimum absolute atomic E-state index is 0.276. The number of nitrogens with two attached hydrogens (primary N) is 1. The van der Waals surface area contributed by atoms with Crippen LogP contribution >= 0.6 is 46.1 Å². The second-order valence-corrected chi connectivity index (χ2v) is 6.84. The molecule has 102 valence electrons. The lowest BCUT2D eigenvalue weighted by atomic mass is 9.90. The van der Waals surface area contributed by atoms with Crippen molar-refractivity contribution < 1.29 is 5.11 Å². The summed E-state index contributed by atoms with van der Waals surface area (Å²) in [5, 5.41) is 11.1. The van der Waals surface area contributed by atoms with Crippen LogP contribution in [0.1, 0.15) is 23.1 Å². The Kier molecular flexibility index (Phi) is 5.12. The van der Waals surface area contributed by atoms with Crippen LogP contribution in [0.3, 0.4) is 0 Å². The Hall–Kier alpha value is -0.290. The number of hydrogen-bond donors (Lipinski definition) is 2. The molecule has 0 aliphatic heterocycles. The summed E-state index contributed by atoms with van der Waals surface area (Å²) in [6, 6.07) is 8.96. The average molecular weight is 337 g/mol. The molecule has 0 radical (unpaired) electrons. The Morgan fingerprint density at radius 1 is 1.21 bits per heavy atom. The van der Waals surface area contributed by atoms with Gasteiger partial charge in [0.2, 0.25) is 0 Å². The number of hydrogen-bond acceptors (Lipinski definition) is 3. The Morgan fingerprint density at radius 2 is 1.95 bits per heavy atom. The van der Waals surface area contributed by atoms with Crippen molar-refractivity contribution in [1.29, 1.82) is 0 Å². The zero-order chi connectivity index (χ0) is 14.0. The van der Waals surface area contributed by atoms with Crippen LogP contribution in [0.25, 0.3) is 0 Å². The van der Waals surface area contributed by atoms with E-state index in [2.05, 4.69) is 0 Å². The normalized spacial score (nSPS) is 14.4. The molecule has 0 fully saturated rings. The molecule has 0 aliphatic rings. The van der Waals surface area contributed by atoms with Crippen molar-refractivity contribution in [3.63, 3.8) is 0 Å². The lowest BCUT2D eigenvalue weighted by molar-refractivity contribution is 0.148. The Morgan fingerprint density at radius 3 is 2.47 bits per heavy atom. The number of thiophene rings is 1. The second kappa shape index (κ2) is 6.44. The second-order valence-electron chi connectivity index (χ2n) is 4.12. The van der Waals surface area contributed by atoms with Crippen LogP contribution in [-0.4, -0.2) is 11.7 Å². The van der Waals surface area contributed by atoms with E-state index < -0.39 is 6.10 Å². The van der Waals surface area contributed by atoms with Gasteiger partial charge in [-0.15, -0.1) is 11.3 Å². The van der Waals surface area contributed by atoms with Gasteiger partial charge >= 0.3 is 0 Å². The SMILES string of the molecule is NCC(c1cccc(Cl)c1)C(O)c1cc(Cl)sc1Cl. The minimum Gasteiger partial charge on any atom is -0.388 e. The average Bonchev–Trinajstić information content (AvgIpc) is 2.69. The molecule has 1 aromatic carbocycles. The van der Waals surface area contributed by atoms with Gasteiger partial charge in [-0.05, 0) is 23.8 Å². The summed E-state index contributed by atoms with van der Waals surface area (Å²) < 4.78 is 1.03. The summed E-state index contributed by atoms with van der Waals surface area (Å²) in [6.07, 6.45) is -0.806. The largest absolute Gasteiger partial charge is 0.388 e. The predicted octanol–water partition coefficient (Wildman–Crippen LogP) is 4.48. The lowest BCUT2D eigenvalue weighted by Crippen LogP contribution is -2.20. The van der Waals surface area contributed by atoms with Gasteiger partial charge in [-0.2, -0.15) is 0 Å². The van der Waals surface area contributed by atoms with E-state index in [1.165, 1.54) is 11.3 Å². The molecule has 3 N–H and O–H groups in total. The molecule has 2 aromatic rings. The van der Waals surface area contributed by atoms with E-state index >= 15 is 0 Å². The van der Waals surface area contributed by atoms with E-state index in [1.54, 1.807) is 18.2 Å². The highest BCUT2D eigenvalue weighted by Gasteiger charge is 2.25. The Bertz CT molecular complexity index is 573. The van der Waals surface area contributed by atoms with Crippen LogP contribution in [0, 0.1) is 0 Å². The van der Waals surface area contributed by atoms with Gasteiger partial charge in [0.1, 0.15) is 4.34 Å². The van der Waals surface area contributed by atoms with Crippen molar-refractivity contribution in [3.8, 4) is 0 Å². The van der Waals surface area contributed by atoms with Crippen molar-refractivity contribution in [2.24, 2.45) is 5.73 Å². The van der Waals surface area contributed by atoms with Crippen LogP contribution in [0.5, 0.6) is 0 Å². The molecule has 2 nitrogen and oxygen atoms in total. The maximum Gasteiger partial charge on any atom is 0.100 e. The van der Waals surface area contributed by atoms with E-state index in [0.29, 0.717) is 19.3 Å². The van der Waals surface area contributed by atoms with Crippen LogP contribution in [0.4, 0.5) is 0 Å². The molecule has 0 amide bonds. The number of rotatable bonds is 4. The highest BCUT2D eigenvalue weighted by atomic mass is 35.5. The number of benzene rings is 1. The van der Waals surface area contributed by atoms with E-state index in [4.69, 9.17) is 40.5 Å². The summed E-state index contributed by atoms with van der Waals surface area (Å²) >= 11 is 19.2. The van der Waals surface area contributed by atoms with Gasteiger partial charge in [-0.1, -0.05) is 46.9 Å². The van der Waals surface area contributed by atoms with Crippen molar-refractivity contribution in [2.45, 2.75) is 12.0 Å². The topological polar surface area (TPSA) is 46.2 Å². The van der Waals surface area contributed by atoms with Crippen molar-refractivity contribution >= 4 is 46.1 Å². The first-order valence-corrected chi connectivity index (χ1v) is 7.56. The molecule has 19 heavy (non-hydrogen) atoms. The Balaban J connectivity index is 2.34. The third kappa shape index (κ3) is 3.43. The highest BCUT2D eigenvalue weighted by molar-refractivity contribution is 7.20. The molecule has 1 heterocycles. The zero-order valence-corrected chi connectivity index (χ0v) is 12.9. The lowest BCUT2D eigenvalue weighted by Gasteiger charge is -2.22. The predicted molar refractivity (Wildman–Crippen MR) is 82.5 cm³/mol. The summed E-state index contributed by atoms with van der Waals surface area (Å²) in [5.41, 5.74) is 7.25. The molecule has 6 heteroatoms. The highest BCUT2D eigenvalue weighted by Crippen LogP contribution is 2.40. The van der Waals surface area contributed by atoms with E-state index in [-0.39, 0.29) is 12.5 Å². The van der Waals surface area contributed by atoms with Crippen LogP contribution < -0.4 is 5.73 Å². The first kappa shape index (κ1) is 15.1. The molecule has 0 saturated carbocycles. The van der Waals surface area contributed by atoms with E-state index in [1.807, 2.05) is 12.1 Å². The quantitative estimate of drug-likeness (QED) is 0.864. The number of aliphatic hydroxyl groups excluding tert-OH is 1. The van der Waals surface area contributed by atoms with Gasteiger partial charge in [0.15, 0.2) is 0 Å². The fraction of sp³-hybridized carbons (Fsp3) is 0.231. The Labute approximate surface area is 130 Å². The van der Waals surface area contributed by atoms with Gasteiger partial charge in [-0.25, -0.2) is 0 Å². The molecular weight excluding hydrogens is 325 g/mol. The smallest absolute Gasteiger partial charge is 0.100 e. The van der Waals surface area contributed by atoms with Gasteiger partial charge in [0.05, 0.1) is 10.4 Å². The molecule has 1 aromatic heterocycles. The van der Waals surface area contributed by atoms with Gasteiger partial charge < -0.3 is 10.8 Å². The first-order valence-electron chi connectivity index (χ1n) is 5.61. The summed E-state index contributed by atoms with van der Waals surface area (Å²) in [4.78, 5) is 0. The van der Waals surface area contributed by atoms with Crippen LogP contribution in [-0.2, 0) is 0 Å². The van der Waals surface area contributed by atoms with Crippen molar-refractivity contribution in [2.75, 3.05) is 6.54 Å². The fourth-order valence-corrected chi connectivity index (χ4v) is 3.69. The minimum atomic E-state index is -0.806. The van der Waals surface area contributed by atoms with Crippen molar-refractivity contribution in [3.05, 3.63) is 55.2 Å². The third-order valence-electron chi connectivity index (χ3n) is 2.91. The molecule has 0 spiro atoms. The number of aliphatic hydroxyl groups is 1. The van der Waals surface area contributed by atoms with E-state index in [0.717, 1.165) is 5.56 Å². The van der Waals surface area contributed by atoms with Gasteiger partial charge in [0, 0.05) is 23.0 Å². The standard InChI is InChI=1S/C13H12Cl3NOS/c14-8-3-1-2-7(4-8)10(6-17)12(18)9-5-11(15)19-13(9)16/h1-5,10,12,18H,6,17H2. The molecular formula is C13H12Cl3NOS. The third-order valence-corrected chi connectivity index (χ3v) is 4.67. The van der Waals surface area contributed by atoms with Crippen molar-refractivity contribution in [1.82, 2.24) is 0 Å². The molecule has 2 unspecified atom stereocenters. The molecule has 0 bridgehead atoms. The van der Waals surface area contributed by atoms with Crippen LogP contribution in [0.2, 0.25) is 13.7 Å². The monoisotopic (exact) mass is 335 g/mol. The summed E-state index contributed by atoms with van der Waals surface area (Å²) in [7, 11) is 0.